The van der Waals surface area contributed by atoms with Crippen LogP contribution in [-0.2, 0) is 9.59 Å². The molecule has 3 amide bonds. The molecule has 0 aromatic heterocycles. The Hall–Kier alpha value is -2.08. The summed E-state index contributed by atoms with van der Waals surface area (Å²) < 4.78 is 0. The molecule has 1 atom stereocenters. The number of benzene rings is 1. The van der Waals surface area contributed by atoms with E-state index in [4.69, 9.17) is 16.7 Å². The highest BCUT2D eigenvalue weighted by molar-refractivity contribution is 6.30. The average molecular weight is 299 g/mol. The molecule has 6 nitrogen and oxygen atoms in total. The minimum absolute atomic E-state index is 0.0325. The smallest absolute Gasteiger partial charge is 0.325 e. The molecule has 108 valence electrons. The Bertz CT molecular complexity index is 519. The highest BCUT2D eigenvalue weighted by Crippen LogP contribution is 2.14. The number of carboxylic acid groups (broad SMARTS) is 1. The van der Waals surface area contributed by atoms with E-state index in [1.54, 1.807) is 31.2 Å². The van der Waals surface area contributed by atoms with E-state index in [1.807, 2.05) is 0 Å². The third kappa shape index (κ3) is 6.19. The van der Waals surface area contributed by atoms with Gasteiger partial charge in [-0.2, -0.15) is 0 Å². The van der Waals surface area contributed by atoms with E-state index in [1.165, 1.54) is 0 Å². The minimum atomic E-state index is -0.978. The van der Waals surface area contributed by atoms with E-state index in [0.29, 0.717) is 10.7 Å². The number of imide groups is 1. The molecule has 0 aliphatic heterocycles. The quantitative estimate of drug-likeness (QED) is 0.778. The molecule has 7 heteroatoms. The van der Waals surface area contributed by atoms with Crippen molar-refractivity contribution in [1.29, 1.82) is 0 Å². The summed E-state index contributed by atoms with van der Waals surface area (Å²) in [6, 6.07) is 5.81. The topological polar surface area (TPSA) is 95.5 Å². The summed E-state index contributed by atoms with van der Waals surface area (Å²) in [5.74, 6) is -1.85. The molecule has 3 N–H and O–H groups in total. The van der Waals surface area contributed by atoms with E-state index < -0.39 is 17.9 Å². The molecule has 0 bridgehead atoms. The van der Waals surface area contributed by atoms with Crippen LogP contribution >= 0.6 is 11.6 Å². The Labute approximate surface area is 121 Å². The van der Waals surface area contributed by atoms with Gasteiger partial charge in [-0.05, 0) is 24.1 Å². The zero-order chi connectivity index (χ0) is 15.1. The first-order valence-corrected chi connectivity index (χ1v) is 6.33. The normalized spacial score (nSPS) is 11.5. The van der Waals surface area contributed by atoms with Crippen LogP contribution < -0.4 is 10.6 Å². The SMILES string of the molecule is CC(CC(=O)O)CC(=O)NC(=O)Nc1cccc(Cl)c1. The molecular weight excluding hydrogens is 284 g/mol. The van der Waals surface area contributed by atoms with Crippen molar-refractivity contribution in [2.45, 2.75) is 19.8 Å². The molecule has 1 rings (SSSR count). The van der Waals surface area contributed by atoms with Crippen molar-refractivity contribution < 1.29 is 19.5 Å². The lowest BCUT2D eigenvalue weighted by molar-refractivity contribution is -0.138. The Morgan fingerprint density at radius 2 is 2.00 bits per heavy atom. The summed E-state index contributed by atoms with van der Waals surface area (Å²) in [7, 11) is 0. The number of aliphatic carboxylic acids is 1. The Kier molecular flexibility index (Phi) is 5.99. The molecule has 0 aliphatic rings. The van der Waals surface area contributed by atoms with Crippen molar-refractivity contribution in [1.82, 2.24) is 5.32 Å². The fourth-order valence-electron chi connectivity index (χ4n) is 1.59. The predicted molar refractivity (Wildman–Crippen MR) is 74.6 cm³/mol. The number of anilines is 1. The van der Waals surface area contributed by atoms with Crippen LogP contribution in [0.4, 0.5) is 10.5 Å². The highest BCUT2D eigenvalue weighted by Gasteiger charge is 2.14. The van der Waals surface area contributed by atoms with Gasteiger partial charge < -0.3 is 10.4 Å². The van der Waals surface area contributed by atoms with Crippen molar-refractivity contribution in [2.24, 2.45) is 5.92 Å². The maximum Gasteiger partial charge on any atom is 0.325 e. The van der Waals surface area contributed by atoms with E-state index in [2.05, 4.69) is 10.6 Å². The summed E-state index contributed by atoms with van der Waals surface area (Å²) in [6.45, 7) is 1.63. The van der Waals surface area contributed by atoms with Crippen LogP contribution in [0.3, 0.4) is 0 Å². The van der Waals surface area contributed by atoms with Gasteiger partial charge in [-0.25, -0.2) is 4.79 Å². The van der Waals surface area contributed by atoms with Gasteiger partial charge in [-0.1, -0.05) is 24.6 Å². The summed E-state index contributed by atoms with van der Waals surface area (Å²) in [5, 5.41) is 13.6. The van der Waals surface area contributed by atoms with Gasteiger partial charge >= 0.3 is 12.0 Å². The van der Waals surface area contributed by atoms with Crippen LogP contribution in [0.15, 0.2) is 24.3 Å². The number of carboxylic acids is 1. The molecule has 20 heavy (non-hydrogen) atoms. The fraction of sp³-hybridized carbons (Fsp3) is 0.308. The molecular formula is C13H15ClN2O4. The number of hydrogen-bond acceptors (Lipinski definition) is 3. The Morgan fingerprint density at radius 1 is 1.30 bits per heavy atom. The number of rotatable bonds is 5. The molecule has 1 aromatic carbocycles. The maximum absolute atomic E-state index is 11.5. The molecule has 0 saturated carbocycles. The van der Waals surface area contributed by atoms with Crippen molar-refractivity contribution >= 4 is 35.2 Å². The van der Waals surface area contributed by atoms with Gasteiger partial charge in [0.05, 0.1) is 0 Å². The Morgan fingerprint density at radius 3 is 2.60 bits per heavy atom. The lowest BCUT2D eigenvalue weighted by atomic mass is 10.0. The highest BCUT2D eigenvalue weighted by atomic mass is 35.5. The summed E-state index contributed by atoms with van der Waals surface area (Å²) in [6.07, 6.45) is -0.154. The number of halogens is 1. The molecule has 0 spiro atoms. The summed E-state index contributed by atoms with van der Waals surface area (Å²) >= 11 is 5.76. The average Bonchev–Trinajstić information content (AvgIpc) is 2.26. The Balaban J connectivity index is 2.42. The zero-order valence-electron chi connectivity index (χ0n) is 10.9. The molecule has 0 saturated heterocycles. The van der Waals surface area contributed by atoms with Crippen LogP contribution in [-0.4, -0.2) is 23.0 Å². The van der Waals surface area contributed by atoms with Crippen LogP contribution in [0, 0.1) is 5.92 Å². The van der Waals surface area contributed by atoms with E-state index in [0.717, 1.165) is 0 Å². The number of nitrogens with one attached hydrogen (secondary N) is 2. The number of amides is 3. The van der Waals surface area contributed by atoms with Gasteiger partial charge in [-0.15, -0.1) is 0 Å². The second kappa shape index (κ2) is 7.49. The molecule has 0 fully saturated rings. The first-order chi connectivity index (χ1) is 9.36. The van der Waals surface area contributed by atoms with Crippen LogP contribution in [0.5, 0.6) is 0 Å². The summed E-state index contributed by atoms with van der Waals surface area (Å²) in [4.78, 5) is 33.5. The number of urea groups is 1. The lowest BCUT2D eigenvalue weighted by Gasteiger charge is -2.09. The summed E-state index contributed by atoms with van der Waals surface area (Å²) in [5.41, 5.74) is 0.460. The second-order valence-electron chi connectivity index (χ2n) is 4.42. The van der Waals surface area contributed by atoms with E-state index in [9.17, 15) is 14.4 Å². The third-order valence-corrected chi connectivity index (χ3v) is 2.63. The maximum atomic E-state index is 11.5. The molecule has 0 heterocycles. The van der Waals surface area contributed by atoms with Gasteiger partial charge in [-0.3, -0.25) is 14.9 Å². The fourth-order valence-corrected chi connectivity index (χ4v) is 1.78. The molecule has 0 radical (unpaired) electrons. The van der Waals surface area contributed by atoms with Crippen molar-refractivity contribution in [2.75, 3.05) is 5.32 Å². The van der Waals surface area contributed by atoms with Crippen molar-refractivity contribution in [3.05, 3.63) is 29.3 Å². The first-order valence-electron chi connectivity index (χ1n) is 5.95. The largest absolute Gasteiger partial charge is 0.481 e. The van der Waals surface area contributed by atoms with Gasteiger partial charge in [0.15, 0.2) is 0 Å². The van der Waals surface area contributed by atoms with Crippen molar-refractivity contribution in [3.8, 4) is 0 Å². The zero-order valence-corrected chi connectivity index (χ0v) is 11.6. The van der Waals surface area contributed by atoms with Gasteiger partial charge in [0, 0.05) is 23.6 Å². The molecule has 0 aliphatic carbocycles. The van der Waals surface area contributed by atoms with Gasteiger partial charge in [0.2, 0.25) is 5.91 Å². The third-order valence-electron chi connectivity index (χ3n) is 2.39. The van der Waals surface area contributed by atoms with E-state index in [-0.39, 0.29) is 18.8 Å². The monoisotopic (exact) mass is 298 g/mol. The van der Waals surface area contributed by atoms with Crippen LogP contribution in [0.1, 0.15) is 19.8 Å². The van der Waals surface area contributed by atoms with Gasteiger partial charge in [0.1, 0.15) is 0 Å². The second-order valence-corrected chi connectivity index (χ2v) is 4.86. The van der Waals surface area contributed by atoms with E-state index >= 15 is 0 Å². The first kappa shape index (κ1) is 16.0. The predicted octanol–water partition coefficient (Wildman–Crippen LogP) is 2.49. The number of carbonyl (C=O) groups excluding carboxylic acids is 2. The lowest BCUT2D eigenvalue weighted by Crippen LogP contribution is -2.35. The van der Waals surface area contributed by atoms with Crippen LogP contribution in [0.25, 0.3) is 0 Å². The van der Waals surface area contributed by atoms with Crippen molar-refractivity contribution in [3.63, 3.8) is 0 Å². The number of hydrogen-bond donors (Lipinski definition) is 3. The number of carbonyl (C=O) groups is 3. The minimum Gasteiger partial charge on any atom is -0.481 e. The standard InChI is InChI=1S/C13H15ClN2O4/c1-8(6-12(18)19)5-11(17)16-13(20)15-10-4-2-3-9(14)7-10/h2-4,7-8H,5-6H2,1H3,(H,18,19)(H2,15,16,17,20). The van der Waals surface area contributed by atoms with Crippen LogP contribution in [0.2, 0.25) is 5.02 Å². The molecule has 1 unspecified atom stereocenters. The molecule has 1 aromatic rings. The van der Waals surface area contributed by atoms with Gasteiger partial charge in [0.25, 0.3) is 0 Å².